The predicted octanol–water partition coefficient (Wildman–Crippen LogP) is 0.224. The lowest BCUT2D eigenvalue weighted by Gasteiger charge is -2.22. The summed E-state index contributed by atoms with van der Waals surface area (Å²) in [5.41, 5.74) is 10.0. The lowest BCUT2D eigenvalue weighted by atomic mass is 9.86. The van der Waals surface area contributed by atoms with Crippen LogP contribution in [0.15, 0.2) is 5.16 Å². The molecule has 6 N–H and O–H groups in total. The lowest BCUT2D eigenvalue weighted by molar-refractivity contribution is 0.157. The molecule has 0 radical (unpaired) electrons. The Balaban J connectivity index is 3.55. The molecule has 0 aliphatic rings. The van der Waals surface area contributed by atoms with E-state index >= 15 is 0 Å². The number of carbonyl (C=O) groups is 1. The molecule has 0 aliphatic heterocycles. The highest BCUT2D eigenvalue weighted by Crippen LogP contribution is 2.21. The van der Waals surface area contributed by atoms with Crippen molar-refractivity contribution < 1.29 is 14.7 Å². The van der Waals surface area contributed by atoms with Crippen LogP contribution in [0.25, 0.3) is 0 Å². The number of amidine groups is 1. The molecule has 100 valence electrons. The van der Waals surface area contributed by atoms with Crippen molar-refractivity contribution in [3.63, 3.8) is 0 Å². The Labute approximate surface area is 101 Å². The van der Waals surface area contributed by atoms with Crippen LogP contribution in [0.1, 0.15) is 26.7 Å². The largest absolute Gasteiger partial charge is 0.448 e. The second-order valence-corrected chi connectivity index (χ2v) is 4.39. The molecule has 0 aromatic heterocycles. The van der Waals surface area contributed by atoms with E-state index in [0.29, 0.717) is 6.54 Å². The molecule has 0 saturated carbocycles. The van der Waals surface area contributed by atoms with Crippen LogP contribution >= 0.6 is 0 Å². The average molecular weight is 246 g/mol. The number of rotatable bonds is 8. The van der Waals surface area contributed by atoms with Gasteiger partial charge in [0, 0.05) is 12.0 Å². The molecule has 0 fully saturated rings. The van der Waals surface area contributed by atoms with E-state index in [1.54, 1.807) is 0 Å². The summed E-state index contributed by atoms with van der Waals surface area (Å²) in [5, 5.41) is 14.7. The van der Waals surface area contributed by atoms with E-state index in [-0.39, 0.29) is 17.9 Å². The molecular formula is C10H22N4O3. The van der Waals surface area contributed by atoms with Crippen LogP contribution in [0.5, 0.6) is 0 Å². The van der Waals surface area contributed by atoms with Gasteiger partial charge in [0.15, 0.2) is 0 Å². The number of nitrogens with zero attached hydrogens (tertiary/aromatic N) is 1. The van der Waals surface area contributed by atoms with Gasteiger partial charge >= 0.3 is 6.09 Å². The van der Waals surface area contributed by atoms with E-state index < -0.39 is 6.09 Å². The monoisotopic (exact) mass is 246 g/mol. The summed E-state index contributed by atoms with van der Waals surface area (Å²) >= 11 is 0. The van der Waals surface area contributed by atoms with Gasteiger partial charge in [0.25, 0.3) is 0 Å². The van der Waals surface area contributed by atoms with Gasteiger partial charge in [-0.15, -0.1) is 0 Å². The molecular weight excluding hydrogens is 224 g/mol. The highest BCUT2D eigenvalue weighted by Gasteiger charge is 2.22. The summed E-state index contributed by atoms with van der Waals surface area (Å²) in [5.74, 6) is 0.231. The number of amides is 1. The van der Waals surface area contributed by atoms with E-state index in [1.165, 1.54) is 0 Å². The number of hydrogen-bond donors (Lipinski definition) is 4. The Morgan fingerprint density at radius 1 is 1.41 bits per heavy atom. The van der Waals surface area contributed by atoms with E-state index in [4.69, 9.17) is 16.7 Å². The van der Waals surface area contributed by atoms with Gasteiger partial charge < -0.3 is 26.7 Å². The normalized spacial score (nSPS) is 12.5. The third-order valence-electron chi connectivity index (χ3n) is 2.48. The van der Waals surface area contributed by atoms with Crippen LogP contribution in [0.4, 0.5) is 4.79 Å². The smallest absolute Gasteiger partial charge is 0.404 e. The Morgan fingerprint density at radius 2 is 2.06 bits per heavy atom. The van der Waals surface area contributed by atoms with Crippen molar-refractivity contribution in [2.75, 3.05) is 19.7 Å². The molecule has 7 nitrogen and oxygen atoms in total. The summed E-state index contributed by atoms with van der Waals surface area (Å²) in [7, 11) is 0. The maximum absolute atomic E-state index is 10.2. The second kappa shape index (κ2) is 7.72. The molecule has 17 heavy (non-hydrogen) atoms. The highest BCUT2D eigenvalue weighted by atomic mass is 16.5. The van der Waals surface area contributed by atoms with Gasteiger partial charge in [0.2, 0.25) is 0 Å². The first-order valence-corrected chi connectivity index (χ1v) is 5.51. The lowest BCUT2D eigenvalue weighted by Crippen LogP contribution is -2.33. The minimum absolute atomic E-state index is 0.231. The highest BCUT2D eigenvalue weighted by molar-refractivity contribution is 5.85. The van der Waals surface area contributed by atoms with Gasteiger partial charge in [-0.2, -0.15) is 0 Å². The zero-order valence-corrected chi connectivity index (χ0v) is 10.4. The summed E-state index contributed by atoms with van der Waals surface area (Å²) in [4.78, 5) is 10.2. The van der Waals surface area contributed by atoms with Crippen LogP contribution in [0, 0.1) is 5.41 Å². The standard InChI is InChI=1S/C10H22N4O3/c1-10(2,8(11)14-16)4-3-5-13-6-7-17-9(12)15/h13,16H,3-7H2,1-2H3,(H2,11,14)(H2,12,15). The fourth-order valence-electron chi connectivity index (χ4n) is 1.27. The van der Waals surface area contributed by atoms with Gasteiger partial charge in [-0.05, 0) is 19.4 Å². The zero-order chi connectivity index (χ0) is 13.3. The van der Waals surface area contributed by atoms with Gasteiger partial charge in [-0.3, -0.25) is 0 Å². The first-order chi connectivity index (χ1) is 7.90. The molecule has 0 unspecified atom stereocenters. The molecule has 0 bridgehead atoms. The number of carbonyl (C=O) groups excluding carboxylic acids is 1. The third kappa shape index (κ3) is 7.40. The van der Waals surface area contributed by atoms with Crippen molar-refractivity contribution in [3.05, 3.63) is 0 Å². The van der Waals surface area contributed by atoms with Gasteiger partial charge in [-0.25, -0.2) is 4.79 Å². The van der Waals surface area contributed by atoms with E-state index in [1.807, 2.05) is 13.8 Å². The van der Waals surface area contributed by atoms with Crippen molar-refractivity contribution in [1.29, 1.82) is 0 Å². The number of hydrogen-bond acceptors (Lipinski definition) is 5. The van der Waals surface area contributed by atoms with Gasteiger partial charge in [-0.1, -0.05) is 19.0 Å². The average Bonchev–Trinajstić information content (AvgIpc) is 2.26. The summed E-state index contributed by atoms with van der Waals surface area (Å²) in [6, 6.07) is 0. The molecule has 0 atom stereocenters. The van der Waals surface area contributed by atoms with Crippen molar-refractivity contribution in [3.8, 4) is 0 Å². The predicted molar refractivity (Wildman–Crippen MR) is 64.8 cm³/mol. The molecule has 0 spiro atoms. The Bertz CT molecular complexity index is 266. The molecule has 0 rings (SSSR count). The van der Waals surface area contributed by atoms with Crippen LogP contribution in [-0.4, -0.2) is 36.8 Å². The van der Waals surface area contributed by atoms with Crippen molar-refractivity contribution in [2.45, 2.75) is 26.7 Å². The number of primary amides is 1. The van der Waals surface area contributed by atoms with Crippen LogP contribution in [-0.2, 0) is 4.74 Å². The van der Waals surface area contributed by atoms with E-state index in [2.05, 4.69) is 15.2 Å². The minimum Gasteiger partial charge on any atom is -0.448 e. The van der Waals surface area contributed by atoms with Crippen molar-refractivity contribution in [1.82, 2.24) is 5.32 Å². The molecule has 0 aliphatic carbocycles. The fraction of sp³-hybridized carbons (Fsp3) is 0.800. The van der Waals surface area contributed by atoms with Crippen molar-refractivity contribution >= 4 is 11.9 Å². The third-order valence-corrected chi connectivity index (χ3v) is 2.48. The zero-order valence-electron chi connectivity index (χ0n) is 10.4. The van der Waals surface area contributed by atoms with Gasteiger partial charge in [0.1, 0.15) is 12.4 Å². The van der Waals surface area contributed by atoms with E-state index in [9.17, 15) is 4.79 Å². The van der Waals surface area contributed by atoms with Gasteiger partial charge in [0.05, 0.1) is 0 Å². The maximum Gasteiger partial charge on any atom is 0.404 e. The summed E-state index contributed by atoms with van der Waals surface area (Å²) in [6.45, 7) is 5.42. The number of nitrogens with one attached hydrogen (secondary N) is 1. The van der Waals surface area contributed by atoms with Crippen molar-refractivity contribution in [2.24, 2.45) is 22.0 Å². The first-order valence-electron chi connectivity index (χ1n) is 5.51. The number of ether oxygens (including phenoxy) is 1. The number of nitrogens with two attached hydrogens (primary N) is 2. The Kier molecular flexibility index (Phi) is 7.04. The molecule has 0 aromatic carbocycles. The summed E-state index contributed by atoms with van der Waals surface area (Å²) in [6.07, 6.45) is 0.909. The van der Waals surface area contributed by atoms with Crippen LogP contribution in [0.2, 0.25) is 0 Å². The molecule has 1 amide bonds. The maximum atomic E-state index is 10.2. The molecule has 0 heterocycles. The Morgan fingerprint density at radius 3 is 2.59 bits per heavy atom. The number of oxime groups is 1. The molecule has 7 heteroatoms. The van der Waals surface area contributed by atoms with E-state index in [0.717, 1.165) is 19.4 Å². The summed E-state index contributed by atoms with van der Waals surface area (Å²) < 4.78 is 4.55. The second-order valence-electron chi connectivity index (χ2n) is 4.39. The fourth-order valence-corrected chi connectivity index (χ4v) is 1.27. The SMILES string of the molecule is CC(C)(CCCNCCOC(N)=O)C(N)=NO. The first kappa shape index (κ1) is 15.5. The topological polar surface area (TPSA) is 123 Å². The molecule has 0 saturated heterocycles. The Hall–Kier alpha value is -1.50. The molecule has 0 aromatic rings. The van der Waals surface area contributed by atoms with Crippen LogP contribution in [0.3, 0.4) is 0 Å². The van der Waals surface area contributed by atoms with Crippen LogP contribution < -0.4 is 16.8 Å². The quantitative estimate of drug-likeness (QED) is 0.160. The minimum atomic E-state index is -0.764.